The molecular weight excluding hydrogens is 513 g/mol. The minimum Gasteiger partial charge on any atom is -0.489 e. The van der Waals surface area contributed by atoms with Gasteiger partial charge in [-0.05, 0) is 65.9 Å². The van der Waals surface area contributed by atoms with Crippen molar-refractivity contribution < 1.29 is 9.53 Å². The number of rotatable bonds is 6. The van der Waals surface area contributed by atoms with Crippen molar-refractivity contribution in [3.63, 3.8) is 0 Å². The molecule has 0 aliphatic carbocycles. The van der Waals surface area contributed by atoms with Gasteiger partial charge in [-0.3, -0.25) is 9.69 Å². The Morgan fingerprint density at radius 1 is 0.917 bits per heavy atom. The summed E-state index contributed by atoms with van der Waals surface area (Å²) in [5, 5.41) is 1.45. The van der Waals surface area contributed by atoms with Crippen LogP contribution in [0.4, 0.5) is 11.4 Å². The fourth-order valence-electron chi connectivity index (χ4n) is 3.51. The molecule has 36 heavy (non-hydrogen) atoms. The summed E-state index contributed by atoms with van der Waals surface area (Å²) in [6.45, 7) is 0.372. The van der Waals surface area contributed by atoms with Crippen LogP contribution >= 0.6 is 35.0 Å². The first kappa shape index (κ1) is 24.1. The van der Waals surface area contributed by atoms with Gasteiger partial charge in [0.05, 0.1) is 10.6 Å². The molecule has 5 nitrogen and oxygen atoms in total. The van der Waals surface area contributed by atoms with Gasteiger partial charge < -0.3 is 4.74 Å². The van der Waals surface area contributed by atoms with E-state index in [1.54, 1.807) is 23.2 Å². The average molecular weight is 532 g/mol. The van der Waals surface area contributed by atoms with E-state index in [2.05, 4.69) is 9.98 Å². The molecule has 0 atom stereocenters. The van der Waals surface area contributed by atoms with Crippen LogP contribution in [0.1, 0.15) is 11.1 Å². The van der Waals surface area contributed by atoms with E-state index in [0.29, 0.717) is 33.1 Å². The summed E-state index contributed by atoms with van der Waals surface area (Å²) in [5.41, 5.74) is 3.00. The molecule has 0 unspecified atom stereocenters. The van der Waals surface area contributed by atoms with Gasteiger partial charge in [-0.25, -0.2) is 9.98 Å². The molecule has 0 saturated carbocycles. The van der Waals surface area contributed by atoms with E-state index in [9.17, 15) is 4.79 Å². The summed E-state index contributed by atoms with van der Waals surface area (Å²) in [6.07, 6.45) is 3.44. The predicted octanol–water partition coefficient (Wildman–Crippen LogP) is 7.78. The SMILES string of the molecule is O=C1/C(=C/c2ccc(OCc3ccccc3Cl)cc2)SC(=Nc2cccnc2Cl)N1c1ccccc1. The number of ether oxygens (including phenoxy) is 1. The third kappa shape index (κ3) is 5.46. The zero-order chi connectivity index (χ0) is 24.9. The Bertz CT molecular complexity index is 1460. The Morgan fingerprint density at radius 2 is 1.67 bits per heavy atom. The van der Waals surface area contributed by atoms with Crippen LogP contribution in [0.5, 0.6) is 5.75 Å². The molecular formula is C28H19Cl2N3O2S. The summed E-state index contributed by atoms with van der Waals surface area (Å²) in [4.78, 5) is 24.3. The molecule has 3 aromatic carbocycles. The molecule has 4 aromatic rings. The van der Waals surface area contributed by atoms with Gasteiger partial charge in [0, 0.05) is 16.8 Å². The number of amides is 1. The van der Waals surface area contributed by atoms with Crippen molar-refractivity contribution in [3.8, 4) is 5.75 Å². The van der Waals surface area contributed by atoms with Gasteiger partial charge in [0.15, 0.2) is 10.3 Å². The summed E-state index contributed by atoms with van der Waals surface area (Å²) >= 11 is 13.7. The summed E-state index contributed by atoms with van der Waals surface area (Å²) in [7, 11) is 0. The van der Waals surface area contributed by atoms with Gasteiger partial charge in [-0.15, -0.1) is 0 Å². The zero-order valence-corrected chi connectivity index (χ0v) is 21.2. The lowest BCUT2D eigenvalue weighted by atomic mass is 10.2. The Labute approximate surface area is 223 Å². The number of carbonyl (C=O) groups excluding carboxylic acids is 1. The highest BCUT2D eigenvalue weighted by Crippen LogP contribution is 2.38. The first-order valence-electron chi connectivity index (χ1n) is 11.0. The molecule has 8 heteroatoms. The standard InChI is InChI=1S/C28H19Cl2N3O2S/c29-23-10-5-4-7-20(23)18-35-22-14-12-19(13-15-22)17-25-27(34)33(21-8-2-1-3-9-21)28(36-25)32-24-11-6-16-31-26(24)30/h1-17H,18H2/b25-17-,32-28?. The van der Waals surface area contributed by atoms with Crippen LogP contribution in [0.25, 0.3) is 6.08 Å². The molecule has 1 fully saturated rings. The van der Waals surface area contributed by atoms with Gasteiger partial charge in [0.2, 0.25) is 0 Å². The van der Waals surface area contributed by atoms with Gasteiger partial charge >= 0.3 is 0 Å². The molecule has 0 N–H and O–H groups in total. The summed E-state index contributed by atoms with van der Waals surface area (Å²) in [6, 6.07) is 28.0. The van der Waals surface area contributed by atoms with Crippen LogP contribution in [0, 0.1) is 0 Å². The molecule has 1 amide bonds. The second-order valence-corrected chi connectivity index (χ2v) is 9.52. The van der Waals surface area contributed by atoms with Crippen molar-refractivity contribution in [1.29, 1.82) is 0 Å². The van der Waals surface area contributed by atoms with Crippen molar-refractivity contribution in [2.45, 2.75) is 6.61 Å². The summed E-state index contributed by atoms with van der Waals surface area (Å²) in [5.74, 6) is 0.547. The molecule has 178 valence electrons. The fraction of sp³-hybridized carbons (Fsp3) is 0.0357. The third-order valence-corrected chi connectivity index (χ3v) is 6.94. The molecule has 5 rings (SSSR count). The smallest absolute Gasteiger partial charge is 0.271 e. The average Bonchev–Trinajstić information content (AvgIpc) is 3.20. The number of nitrogens with zero attached hydrogens (tertiary/aromatic N) is 3. The van der Waals surface area contributed by atoms with E-state index in [1.807, 2.05) is 84.9 Å². The van der Waals surface area contributed by atoms with E-state index in [0.717, 1.165) is 16.8 Å². The zero-order valence-electron chi connectivity index (χ0n) is 18.8. The normalized spacial score (nSPS) is 15.6. The molecule has 1 aliphatic heterocycles. The molecule has 0 spiro atoms. The monoisotopic (exact) mass is 531 g/mol. The van der Waals surface area contributed by atoms with E-state index >= 15 is 0 Å². The second-order valence-electron chi connectivity index (χ2n) is 7.74. The number of thioether (sulfide) groups is 1. The Hall–Kier alpha value is -3.58. The maximum Gasteiger partial charge on any atom is 0.271 e. The van der Waals surface area contributed by atoms with Crippen molar-refractivity contribution in [3.05, 3.63) is 123 Å². The minimum absolute atomic E-state index is 0.163. The second kappa shape index (κ2) is 11.0. The Kier molecular flexibility index (Phi) is 7.37. The molecule has 1 saturated heterocycles. The van der Waals surface area contributed by atoms with Gasteiger partial charge in [0.1, 0.15) is 18.0 Å². The van der Waals surface area contributed by atoms with Crippen molar-refractivity contribution >= 4 is 63.5 Å². The van der Waals surface area contributed by atoms with Gasteiger partial charge in [-0.1, -0.05) is 71.7 Å². The van der Waals surface area contributed by atoms with E-state index in [1.165, 1.54) is 11.8 Å². The Morgan fingerprint density at radius 3 is 2.42 bits per heavy atom. The lowest BCUT2D eigenvalue weighted by Gasteiger charge is -2.15. The topological polar surface area (TPSA) is 54.8 Å². The summed E-state index contributed by atoms with van der Waals surface area (Å²) < 4.78 is 5.87. The maximum absolute atomic E-state index is 13.4. The van der Waals surface area contributed by atoms with Crippen molar-refractivity contribution in [2.75, 3.05) is 4.90 Å². The number of hydrogen-bond donors (Lipinski definition) is 0. The van der Waals surface area contributed by atoms with E-state index in [4.69, 9.17) is 27.9 Å². The van der Waals surface area contributed by atoms with Gasteiger partial charge in [-0.2, -0.15) is 0 Å². The van der Waals surface area contributed by atoms with Crippen molar-refractivity contribution in [2.24, 2.45) is 4.99 Å². The van der Waals surface area contributed by atoms with Gasteiger partial charge in [0.25, 0.3) is 5.91 Å². The highest BCUT2D eigenvalue weighted by Gasteiger charge is 2.34. The molecule has 2 heterocycles. The number of aliphatic imine (C=N–C) groups is 1. The van der Waals surface area contributed by atoms with Crippen LogP contribution in [-0.4, -0.2) is 16.1 Å². The van der Waals surface area contributed by atoms with Crippen LogP contribution in [-0.2, 0) is 11.4 Å². The number of carbonyl (C=O) groups is 1. The molecule has 1 aliphatic rings. The number of anilines is 1. The fourth-order valence-corrected chi connectivity index (χ4v) is 4.85. The number of amidine groups is 1. The number of benzene rings is 3. The van der Waals surface area contributed by atoms with E-state index < -0.39 is 0 Å². The number of aromatic nitrogens is 1. The highest BCUT2D eigenvalue weighted by molar-refractivity contribution is 8.19. The van der Waals surface area contributed by atoms with Crippen LogP contribution < -0.4 is 9.64 Å². The predicted molar refractivity (Wildman–Crippen MR) is 148 cm³/mol. The van der Waals surface area contributed by atoms with Crippen LogP contribution in [0.3, 0.4) is 0 Å². The molecule has 0 bridgehead atoms. The Balaban J connectivity index is 1.39. The van der Waals surface area contributed by atoms with E-state index in [-0.39, 0.29) is 11.1 Å². The highest BCUT2D eigenvalue weighted by atomic mass is 35.5. The number of para-hydroxylation sites is 1. The lowest BCUT2D eigenvalue weighted by Crippen LogP contribution is -2.28. The van der Waals surface area contributed by atoms with Crippen molar-refractivity contribution in [1.82, 2.24) is 4.98 Å². The number of hydrogen-bond acceptors (Lipinski definition) is 5. The third-order valence-electron chi connectivity index (χ3n) is 5.31. The van der Waals surface area contributed by atoms with Crippen LogP contribution in [0.15, 0.2) is 107 Å². The maximum atomic E-state index is 13.4. The quantitative estimate of drug-likeness (QED) is 0.188. The first-order chi connectivity index (χ1) is 17.6. The minimum atomic E-state index is -0.163. The first-order valence-corrected chi connectivity index (χ1v) is 12.6. The largest absolute Gasteiger partial charge is 0.489 e. The number of pyridine rings is 1. The van der Waals surface area contributed by atoms with Crippen LogP contribution in [0.2, 0.25) is 10.2 Å². The number of halogens is 2. The molecule has 1 aromatic heterocycles. The molecule has 0 radical (unpaired) electrons. The lowest BCUT2D eigenvalue weighted by molar-refractivity contribution is -0.113.